The van der Waals surface area contributed by atoms with Crippen molar-refractivity contribution < 1.29 is 9.18 Å². The summed E-state index contributed by atoms with van der Waals surface area (Å²) < 4.78 is 12.8. The van der Waals surface area contributed by atoms with Crippen molar-refractivity contribution in [2.75, 3.05) is 11.1 Å². The number of benzene rings is 2. The Hall–Kier alpha value is -2.73. The molecule has 3 rings (SSSR count). The molecule has 0 atom stereocenters. The van der Waals surface area contributed by atoms with Gasteiger partial charge in [-0.3, -0.25) is 4.79 Å². The molecule has 0 spiro atoms. The molecule has 6 heteroatoms. The van der Waals surface area contributed by atoms with Crippen molar-refractivity contribution in [2.24, 2.45) is 0 Å². The Morgan fingerprint density at radius 1 is 1.04 bits per heavy atom. The number of aromatic nitrogens is 2. The van der Waals surface area contributed by atoms with Crippen LogP contribution in [0.2, 0.25) is 0 Å². The summed E-state index contributed by atoms with van der Waals surface area (Å²) in [6.07, 6.45) is 1.68. The largest absolute Gasteiger partial charge is 0.325 e. The Morgan fingerprint density at radius 2 is 1.79 bits per heavy atom. The van der Waals surface area contributed by atoms with E-state index in [1.807, 2.05) is 36.4 Å². The van der Waals surface area contributed by atoms with E-state index >= 15 is 0 Å². The summed E-state index contributed by atoms with van der Waals surface area (Å²) in [5, 5.41) is 3.24. The maximum absolute atomic E-state index is 12.8. The molecule has 0 aliphatic rings. The van der Waals surface area contributed by atoms with E-state index in [9.17, 15) is 9.18 Å². The molecule has 0 fully saturated rings. The minimum Gasteiger partial charge on any atom is -0.325 e. The van der Waals surface area contributed by atoms with Crippen LogP contribution in [0, 0.1) is 5.82 Å². The van der Waals surface area contributed by atoms with Crippen molar-refractivity contribution in [1.82, 2.24) is 9.97 Å². The highest BCUT2D eigenvalue weighted by atomic mass is 32.2. The Labute approximate surface area is 143 Å². The van der Waals surface area contributed by atoms with Gasteiger partial charge in [0.15, 0.2) is 5.16 Å². The van der Waals surface area contributed by atoms with E-state index in [4.69, 9.17) is 0 Å². The van der Waals surface area contributed by atoms with Gasteiger partial charge in [0.1, 0.15) is 5.82 Å². The number of carbonyl (C=O) groups is 1. The van der Waals surface area contributed by atoms with Crippen LogP contribution in [0.3, 0.4) is 0 Å². The molecule has 0 unspecified atom stereocenters. The number of anilines is 1. The van der Waals surface area contributed by atoms with Crippen LogP contribution in [0.4, 0.5) is 10.1 Å². The van der Waals surface area contributed by atoms with Crippen molar-refractivity contribution >= 4 is 23.4 Å². The van der Waals surface area contributed by atoms with Crippen molar-refractivity contribution in [3.05, 3.63) is 72.7 Å². The minimum absolute atomic E-state index is 0.176. The summed E-state index contributed by atoms with van der Waals surface area (Å²) >= 11 is 1.25. The number of nitrogens with one attached hydrogen (secondary N) is 1. The van der Waals surface area contributed by atoms with Gasteiger partial charge in [-0.05, 0) is 30.3 Å². The molecule has 3 aromatic rings. The van der Waals surface area contributed by atoms with Crippen molar-refractivity contribution in [1.29, 1.82) is 0 Å². The molecular weight excluding hydrogens is 325 g/mol. The first-order valence-electron chi connectivity index (χ1n) is 7.27. The van der Waals surface area contributed by atoms with Gasteiger partial charge in [-0.2, -0.15) is 0 Å². The molecule has 1 aromatic heterocycles. The first-order chi connectivity index (χ1) is 11.7. The van der Waals surface area contributed by atoms with Gasteiger partial charge < -0.3 is 5.32 Å². The van der Waals surface area contributed by atoms with Crippen LogP contribution in [0.5, 0.6) is 0 Å². The molecule has 0 aliphatic carbocycles. The first-order valence-corrected chi connectivity index (χ1v) is 8.26. The maximum atomic E-state index is 12.8. The topological polar surface area (TPSA) is 54.9 Å². The number of halogens is 1. The monoisotopic (exact) mass is 339 g/mol. The molecule has 24 heavy (non-hydrogen) atoms. The minimum atomic E-state index is -0.339. The van der Waals surface area contributed by atoms with Crippen LogP contribution in [0.25, 0.3) is 11.3 Å². The fourth-order valence-electron chi connectivity index (χ4n) is 2.04. The van der Waals surface area contributed by atoms with Crippen molar-refractivity contribution in [2.45, 2.75) is 5.16 Å². The zero-order chi connectivity index (χ0) is 16.8. The molecule has 0 saturated heterocycles. The van der Waals surface area contributed by atoms with Gasteiger partial charge in [0.25, 0.3) is 0 Å². The highest BCUT2D eigenvalue weighted by Crippen LogP contribution is 2.20. The zero-order valence-electron chi connectivity index (χ0n) is 12.6. The molecule has 0 aliphatic heterocycles. The molecule has 1 amide bonds. The fourth-order valence-corrected chi connectivity index (χ4v) is 2.67. The van der Waals surface area contributed by atoms with E-state index in [1.165, 1.54) is 36.0 Å². The Morgan fingerprint density at radius 3 is 2.54 bits per heavy atom. The quantitative estimate of drug-likeness (QED) is 0.564. The van der Waals surface area contributed by atoms with Crippen LogP contribution in [0.1, 0.15) is 0 Å². The summed E-state index contributed by atoms with van der Waals surface area (Å²) in [4.78, 5) is 20.6. The molecule has 2 aromatic carbocycles. The number of amides is 1. The second-order valence-corrected chi connectivity index (χ2v) is 5.88. The van der Waals surface area contributed by atoms with E-state index in [2.05, 4.69) is 15.3 Å². The summed E-state index contributed by atoms with van der Waals surface area (Å²) in [7, 11) is 0. The van der Waals surface area contributed by atoms with Crippen LogP contribution >= 0.6 is 11.8 Å². The Bertz CT molecular complexity index is 825. The SMILES string of the molecule is O=C(CSc1nccc(-c2ccccc2)n1)Nc1ccc(F)cc1. The van der Waals surface area contributed by atoms with Crippen molar-refractivity contribution in [3.8, 4) is 11.3 Å². The average Bonchev–Trinajstić information content (AvgIpc) is 2.63. The number of rotatable bonds is 5. The zero-order valence-corrected chi connectivity index (χ0v) is 13.5. The number of hydrogen-bond acceptors (Lipinski definition) is 4. The van der Waals surface area contributed by atoms with Gasteiger partial charge in [-0.15, -0.1) is 0 Å². The second kappa shape index (κ2) is 7.70. The molecule has 0 bridgehead atoms. The number of thioether (sulfide) groups is 1. The Kier molecular flexibility index (Phi) is 5.18. The lowest BCUT2D eigenvalue weighted by Gasteiger charge is -2.05. The summed E-state index contributed by atoms with van der Waals surface area (Å²) in [5.41, 5.74) is 2.37. The van der Waals surface area contributed by atoms with Gasteiger partial charge in [-0.1, -0.05) is 42.1 Å². The van der Waals surface area contributed by atoms with Gasteiger partial charge in [0, 0.05) is 17.4 Å². The van der Waals surface area contributed by atoms with Crippen LogP contribution in [-0.2, 0) is 4.79 Å². The first kappa shape index (κ1) is 16.1. The lowest BCUT2D eigenvalue weighted by molar-refractivity contribution is -0.113. The molecule has 120 valence electrons. The lowest BCUT2D eigenvalue weighted by Crippen LogP contribution is -2.14. The third-order valence-corrected chi connectivity index (χ3v) is 4.02. The summed E-state index contributed by atoms with van der Waals surface area (Å²) in [6.45, 7) is 0. The molecule has 4 nitrogen and oxygen atoms in total. The highest BCUT2D eigenvalue weighted by Gasteiger charge is 2.07. The third-order valence-electron chi connectivity index (χ3n) is 3.16. The molecular formula is C18H14FN3OS. The van der Waals surface area contributed by atoms with Gasteiger partial charge in [0.05, 0.1) is 11.4 Å². The molecule has 0 radical (unpaired) electrons. The van der Waals surface area contributed by atoms with E-state index in [0.717, 1.165) is 11.3 Å². The molecule has 1 heterocycles. The predicted octanol–water partition coefficient (Wildman–Crippen LogP) is 4.01. The Balaban J connectivity index is 1.60. The standard InChI is InChI=1S/C18H14FN3OS/c19-14-6-8-15(9-7-14)21-17(23)12-24-18-20-11-10-16(22-18)13-4-2-1-3-5-13/h1-11H,12H2,(H,21,23). The van der Waals surface area contributed by atoms with Crippen LogP contribution in [0.15, 0.2) is 72.0 Å². The van der Waals surface area contributed by atoms with Gasteiger partial charge >= 0.3 is 0 Å². The van der Waals surface area contributed by atoms with Crippen LogP contribution < -0.4 is 5.32 Å². The highest BCUT2D eigenvalue weighted by molar-refractivity contribution is 7.99. The number of carbonyl (C=O) groups excluding carboxylic acids is 1. The van der Waals surface area contributed by atoms with E-state index in [1.54, 1.807) is 6.20 Å². The summed E-state index contributed by atoms with van der Waals surface area (Å²) in [5.74, 6) is -0.357. The summed E-state index contributed by atoms with van der Waals surface area (Å²) in [6, 6.07) is 17.2. The van der Waals surface area contributed by atoms with Gasteiger partial charge in [0.2, 0.25) is 5.91 Å². The fraction of sp³-hybridized carbons (Fsp3) is 0.0556. The van der Waals surface area contributed by atoms with E-state index in [0.29, 0.717) is 10.8 Å². The normalized spacial score (nSPS) is 10.4. The number of nitrogens with zero attached hydrogens (tertiary/aromatic N) is 2. The van der Waals surface area contributed by atoms with E-state index in [-0.39, 0.29) is 17.5 Å². The predicted molar refractivity (Wildman–Crippen MR) is 93.2 cm³/mol. The third kappa shape index (κ3) is 4.39. The molecule has 1 N–H and O–H groups in total. The average molecular weight is 339 g/mol. The van der Waals surface area contributed by atoms with Gasteiger partial charge in [-0.25, -0.2) is 14.4 Å². The van der Waals surface area contributed by atoms with Crippen LogP contribution in [-0.4, -0.2) is 21.6 Å². The van der Waals surface area contributed by atoms with E-state index < -0.39 is 0 Å². The maximum Gasteiger partial charge on any atom is 0.234 e. The second-order valence-electron chi connectivity index (χ2n) is 4.93. The molecule has 0 saturated carbocycles. The smallest absolute Gasteiger partial charge is 0.234 e. The number of hydrogen-bond donors (Lipinski definition) is 1. The lowest BCUT2D eigenvalue weighted by atomic mass is 10.1. The van der Waals surface area contributed by atoms with Crippen molar-refractivity contribution in [3.63, 3.8) is 0 Å².